The van der Waals surface area contributed by atoms with Crippen molar-refractivity contribution in [3.63, 3.8) is 0 Å². The van der Waals surface area contributed by atoms with E-state index in [9.17, 15) is 19.2 Å². The molecule has 10 rings (SSSR count). The SMILES string of the molecule is COc1ccc(C(=O)N(CC2CC2)c2nnc(-c3ccc(CN4CC(C(=O)O)C4)cc3)s2)cc1.O=C(O)C1CN(Cc2ccc(-c3nnc(N(CC4CC4)C(=O)Cc4ccccc4)s3)cc2)C1. The minimum atomic E-state index is -0.722. The van der Waals surface area contributed by atoms with Crippen molar-refractivity contribution in [1.82, 2.24) is 30.2 Å². The minimum absolute atomic E-state index is 0.0559. The molecule has 346 valence electrons. The van der Waals surface area contributed by atoms with Crippen LogP contribution in [0.2, 0.25) is 0 Å². The normalized spacial score (nSPS) is 16.3. The van der Waals surface area contributed by atoms with Gasteiger partial charge in [-0.25, -0.2) is 0 Å². The lowest BCUT2D eigenvalue weighted by molar-refractivity contribution is -0.148. The molecular formula is C50H52N8O7S2. The highest BCUT2D eigenvalue weighted by Gasteiger charge is 2.34. The average Bonchev–Trinajstić information content (AvgIpc) is 4.22. The predicted octanol–water partition coefficient (Wildman–Crippen LogP) is 7.49. The molecule has 2 aliphatic heterocycles. The summed E-state index contributed by atoms with van der Waals surface area (Å²) >= 11 is 2.86. The quantitative estimate of drug-likeness (QED) is 0.0866. The molecule has 2 amide bonds. The summed E-state index contributed by atoms with van der Waals surface area (Å²) in [5, 5.41) is 38.3. The molecule has 4 aromatic carbocycles. The summed E-state index contributed by atoms with van der Waals surface area (Å²) in [6, 6.07) is 33.2. The number of carboxylic acids is 2. The third-order valence-electron chi connectivity index (χ3n) is 12.5. The van der Waals surface area contributed by atoms with Gasteiger partial charge in [0.25, 0.3) is 5.91 Å². The molecule has 17 heteroatoms. The maximum absolute atomic E-state index is 13.3. The molecule has 0 radical (unpaired) electrons. The van der Waals surface area contributed by atoms with E-state index in [0.29, 0.717) is 79.1 Å². The second kappa shape index (κ2) is 20.6. The first-order valence-corrected chi connectivity index (χ1v) is 24.2. The number of benzene rings is 4. The Bertz CT molecular complexity index is 2660. The van der Waals surface area contributed by atoms with Gasteiger partial charge in [0.2, 0.25) is 16.2 Å². The van der Waals surface area contributed by atoms with Crippen LogP contribution in [0.25, 0.3) is 21.1 Å². The number of carbonyl (C=O) groups excluding carboxylic acids is 2. The molecule has 2 saturated heterocycles. The lowest BCUT2D eigenvalue weighted by atomic mass is 9.99. The van der Waals surface area contributed by atoms with E-state index in [-0.39, 0.29) is 23.7 Å². The molecule has 2 saturated carbocycles. The molecule has 0 bridgehead atoms. The van der Waals surface area contributed by atoms with Crippen LogP contribution in [0.4, 0.5) is 10.3 Å². The Morgan fingerprint density at radius 3 is 1.51 bits per heavy atom. The van der Waals surface area contributed by atoms with Crippen LogP contribution in [0.1, 0.15) is 52.7 Å². The smallest absolute Gasteiger partial charge is 0.309 e. The highest BCUT2D eigenvalue weighted by atomic mass is 32.1. The van der Waals surface area contributed by atoms with Crippen molar-refractivity contribution in [1.29, 1.82) is 0 Å². The molecule has 4 fully saturated rings. The van der Waals surface area contributed by atoms with E-state index in [1.54, 1.807) is 36.3 Å². The van der Waals surface area contributed by atoms with Gasteiger partial charge in [-0.3, -0.25) is 38.8 Å². The molecule has 6 aromatic rings. The Kier molecular flexibility index (Phi) is 14.1. The van der Waals surface area contributed by atoms with Crippen LogP contribution < -0.4 is 14.5 Å². The van der Waals surface area contributed by atoms with Gasteiger partial charge in [-0.1, -0.05) is 102 Å². The van der Waals surface area contributed by atoms with Crippen LogP contribution in [-0.4, -0.2) is 111 Å². The van der Waals surface area contributed by atoms with Crippen LogP contribution in [0.3, 0.4) is 0 Å². The lowest BCUT2D eigenvalue weighted by Gasteiger charge is -2.36. The number of carboxylic acid groups (broad SMARTS) is 2. The summed E-state index contributed by atoms with van der Waals surface area (Å²) in [7, 11) is 1.60. The molecule has 2 N–H and O–H groups in total. The zero-order chi connectivity index (χ0) is 46.4. The van der Waals surface area contributed by atoms with Crippen molar-refractivity contribution < 1.29 is 34.1 Å². The minimum Gasteiger partial charge on any atom is -0.497 e. The Balaban J connectivity index is 0.000000168. The number of hydrogen-bond acceptors (Lipinski definition) is 13. The van der Waals surface area contributed by atoms with Crippen LogP contribution in [0.15, 0.2) is 103 Å². The monoisotopic (exact) mass is 940 g/mol. The zero-order valence-corrected chi connectivity index (χ0v) is 38.8. The van der Waals surface area contributed by atoms with Gasteiger partial charge in [-0.2, -0.15) is 0 Å². The Morgan fingerprint density at radius 1 is 0.597 bits per heavy atom. The number of likely N-dealkylation sites (tertiary alicyclic amines) is 2. The molecule has 0 spiro atoms. The van der Waals surface area contributed by atoms with Crippen LogP contribution in [0, 0.1) is 23.7 Å². The van der Waals surface area contributed by atoms with Crippen molar-refractivity contribution in [2.24, 2.45) is 23.7 Å². The van der Waals surface area contributed by atoms with Gasteiger partial charge >= 0.3 is 11.9 Å². The molecule has 4 aliphatic rings. The Labute approximate surface area is 396 Å². The van der Waals surface area contributed by atoms with E-state index in [4.69, 9.17) is 14.9 Å². The summed E-state index contributed by atoms with van der Waals surface area (Å²) in [6.45, 7) is 5.21. The lowest BCUT2D eigenvalue weighted by Crippen LogP contribution is -2.49. The summed E-state index contributed by atoms with van der Waals surface area (Å²) < 4.78 is 5.20. The van der Waals surface area contributed by atoms with E-state index in [1.165, 1.54) is 22.7 Å². The fourth-order valence-electron chi connectivity index (χ4n) is 8.02. The van der Waals surface area contributed by atoms with Crippen molar-refractivity contribution in [3.05, 3.63) is 125 Å². The van der Waals surface area contributed by atoms with Gasteiger partial charge in [-0.05, 0) is 78.5 Å². The van der Waals surface area contributed by atoms with E-state index in [1.807, 2.05) is 83.8 Å². The largest absolute Gasteiger partial charge is 0.497 e. The number of nitrogens with zero attached hydrogens (tertiary/aromatic N) is 8. The summed E-state index contributed by atoms with van der Waals surface area (Å²) in [5.74, 6) is -0.184. The Hall–Kier alpha value is -6.40. The second-order valence-corrected chi connectivity index (χ2v) is 19.7. The average molecular weight is 941 g/mol. The molecule has 2 aliphatic carbocycles. The van der Waals surface area contributed by atoms with Crippen molar-refractivity contribution in [3.8, 4) is 26.9 Å². The van der Waals surface area contributed by atoms with Crippen LogP contribution in [0.5, 0.6) is 5.75 Å². The standard InChI is InChI=1S/C25H26N4O4S.C25H26N4O3S/c1-33-21-10-8-19(9-11-21)23(30)29(13-17-2-3-17)25-27-26-22(34-25)18-6-4-16(5-7-18)12-28-14-20(15-28)24(31)32;30-22(12-17-4-2-1-3-5-17)29(14-19-6-7-19)25-27-26-23(33-25)20-10-8-18(9-11-20)13-28-15-21(16-28)24(31)32/h4-11,17,20H,2-3,12-15H2,1H3,(H,31,32);1-5,8-11,19,21H,6-7,12-16H2,(H,31,32). The third-order valence-corrected chi connectivity index (χ3v) is 14.5. The van der Waals surface area contributed by atoms with Gasteiger partial charge in [0.15, 0.2) is 0 Å². The van der Waals surface area contributed by atoms with E-state index in [2.05, 4.69) is 30.2 Å². The first kappa shape index (κ1) is 45.7. The highest BCUT2D eigenvalue weighted by molar-refractivity contribution is 7.19. The predicted molar refractivity (Wildman–Crippen MR) is 256 cm³/mol. The van der Waals surface area contributed by atoms with Crippen molar-refractivity contribution >= 4 is 56.7 Å². The number of carbonyl (C=O) groups is 4. The van der Waals surface area contributed by atoms with E-state index >= 15 is 0 Å². The number of amides is 2. The van der Waals surface area contributed by atoms with Gasteiger partial charge in [0.1, 0.15) is 15.8 Å². The number of rotatable bonds is 18. The number of aliphatic carboxylic acids is 2. The van der Waals surface area contributed by atoms with Crippen molar-refractivity contribution in [2.75, 3.05) is 56.2 Å². The number of ether oxygens (including phenoxy) is 1. The van der Waals surface area contributed by atoms with Crippen molar-refractivity contribution in [2.45, 2.75) is 45.2 Å². The van der Waals surface area contributed by atoms with Gasteiger partial charge in [-0.15, -0.1) is 20.4 Å². The van der Waals surface area contributed by atoms with Crippen LogP contribution >= 0.6 is 22.7 Å². The maximum atomic E-state index is 13.3. The van der Waals surface area contributed by atoms with Crippen LogP contribution in [-0.2, 0) is 33.9 Å². The molecule has 15 nitrogen and oxygen atoms in total. The molecular weight excluding hydrogens is 889 g/mol. The molecule has 0 unspecified atom stereocenters. The highest BCUT2D eigenvalue weighted by Crippen LogP contribution is 2.37. The Morgan fingerprint density at radius 2 is 1.06 bits per heavy atom. The van der Waals surface area contributed by atoms with E-state index in [0.717, 1.165) is 76.6 Å². The zero-order valence-electron chi connectivity index (χ0n) is 37.1. The summed E-state index contributed by atoms with van der Waals surface area (Å²) in [4.78, 5) is 56.1. The maximum Gasteiger partial charge on any atom is 0.309 e. The topological polar surface area (TPSA) is 182 Å². The first-order valence-electron chi connectivity index (χ1n) is 22.6. The van der Waals surface area contributed by atoms with Gasteiger partial charge in [0, 0.05) is 69.0 Å². The number of anilines is 2. The van der Waals surface area contributed by atoms with Gasteiger partial charge in [0.05, 0.1) is 25.4 Å². The fraction of sp³-hybridized carbons (Fsp3) is 0.360. The summed E-state index contributed by atoms with van der Waals surface area (Å²) in [6.07, 6.45) is 4.93. The summed E-state index contributed by atoms with van der Waals surface area (Å²) in [5.41, 5.74) is 5.78. The first-order chi connectivity index (χ1) is 32.5. The fourth-order valence-corrected chi connectivity index (χ4v) is 9.76. The third kappa shape index (κ3) is 11.8. The number of methoxy groups -OCH3 is 1. The molecule has 67 heavy (non-hydrogen) atoms. The number of aromatic nitrogens is 4. The molecule has 2 aromatic heterocycles. The molecule has 0 atom stereocenters. The molecule has 4 heterocycles. The second-order valence-electron chi connectivity index (χ2n) is 17.8. The number of hydrogen-bond donors (Lipinski definition) is 2. The van der Waals surface area contributed by atoms with E-state index < -0.39 is 11.9 Å². The van der Waals surface area contributed by atoms with Gasteiger partial charge < -0.3 is 14.9 Å².